The van der Waals surface area contributed by atoms with Gasteiger partial charge in [-0.2, -0.15) is 0 Å². The first kappa shape index (κ1) is 15.3. The van der Waals surface area contributed by atoms with Crippen molar-refractivity contribution >= 4 is 0 Å². The lowest BCUT2D eigenvalue weighted by Crippen LogP contribution is -2.28. The number of aromatic amines is 1. The number of nitrogens with one attached hydrogen (secondary N) is 2. The molecule has 1 aliphatic rings. The van der Waals surface area contributed by atoms with Crippen LogP contribution in [0.3, 0.4) is 0 Å². The van der Waals surface area contributed by atoms with Crippen molar-refractivity contribution in [2.24, 2.45) is 0 Å². The van der Waals surface area contributed by atoms with E-state index in [0.29, 0.717) is 6.04 Å². The van der Waals surface area contributed by atoms with Gasteiger partial charge in [-0.3, -0.25) is 4.79 Å². The van der Waals surface area contributed by atoms with E-state index in [1.165, 1.54) is 12.0 Å². The van der Waals surface area contributed by atoms with Crippen molar-refractivity contribution in [2.75, 3.05) is 19.8 Å². The average molecular weight is 278 g/mol. The summed E-state index contributed by atoms with van der Waals surface area (Å²) in [6.45, 7) is 4.85. The molecule has 0 saturated heterocycles. The van der Waals surface area contributed by atoms with E-state index >= 15 is 0 Å². The quantitative estimate of drug-likeness (QED) is 0.719. The van der Waals surface area contributed by atoms with Gasteiger partial charge < -0.3 is 15.0 Å². The zero-order valence-corrected chi connectivity index (χ0v) is 12.4. The second-order valence-electron chi connectivity index (χ2n) is 5.47. The first-order chi connectivity index (χ1) is 9.81. The van der Waals surface area contributed by atoms with Crippen LogP contribution in [0.15, 0.2) is 16.9 Å². The van der Waals surface area contributed by atoms with Gasteiger partial charge in [-0.25, -0.2) is 0 Å². The fourth-order valence-electron chi connectivity index (χ4n) is 2.71. The molecule has 112 valence electrons. The molecule has 0 radical (unpaired) electrons. The molecule has 2 N–H and O–H groups in total. The number of ether oxygens (including phenoxy) is 1. The molecule has 0 bridgehead atoms. The van der Waals surface area contributed by atoms with Gasteiger partial charge in [-0.05, 0) is 44.2 Å². The molecule has 20 heavy (non-hydrogen) atoms. The zero-order chi connectivity index (χ0) is 14.2. The molecule has 1 aromatic heterocycles. The topological polar surface area (TPSA) is 54.1 Å². The molecule has 0 fully saturated rings. The predicted molar refractivity (Wildman–Crippen MR) is 81.1 cm³/mol. The summed E-state index contributed by atoms with van der Waals surface area (Å²) in [5.74, 6) is 0. The highest BCUT2D eigenvalue weighted by Gasteiger charge is 2.19. The third-order valence-electron chi connectivity index (χ3n) is 3.83. The van der Waals surface area contributed by atoms with Gasteiger partial charge in [0.05, 0.1) is 0 Å². The highest BCUT2D eigenvalue weighted by Crippen LogP contribution is 2.27. The smallest absolute Gasteiger partial charge is 0.248 e. The molecule has 1 heterocycles. The molecule has 4 nitrogen and oxygen atoms in total. The molecule has 1 unspecified atom stereocenters. The van der Waals surface area contributed by atoms with E-state index in [1.807, 2.05) is 6.07 Å². The standard InChI is InChI=1S/C16H26N2O2/c1-2-3-11-20-12-5-10-17-14-6-4-7-15-13(14)8-9-16(19)18-15/h8-9,14,17H,2-7,10-12H2,1H3,(H,18,19). The predicted octanol–water partition coefficient (Wildman–Crippen LogP) is 2.55. The molecule has 1 aliphatic carbocycles. The molecule has 0 amide bonds. The van der Waals surface area contributed by atoms with Crippen molar-refractivity contribution in [1.29, 1.82) is 0 Å². The number of pyridine rings is 1. The molecule has 1 atom stereocenters. The number of unbranched alkanes of at least 4 members (excludes halogenated alkanes) is 1. The summed E-state index contributed by atoms with van der Waals surface area (Å²) in [7, 11) is 0. The van der Waals surface area contributed by atoms with Crippen molar-refractivity contribution in [3.63, 3.8) is 0 Å². The highest BCUT2D eigenvalue weighted by molar-refractivity contribution is 5.26. The lowest BCUT2D eigenvalue weighted by Gasteiger charge is -2.26. The Morgan fingerprint density at radius 2 is 2.20 bits per heavy atom. The number of H-pyrrole nitrogens is 1. The van der Waals surface area contributed by atoms with Gasteiger partial charge in [0, 0.05) is 31.0 Å². The fourth-order valence-corrected chi connectivity index (χ4v) is 2.71. The number of aromatic nitrogens is 1. The van der Waals surface area contributed by atoms with Crippen molar-refractivity contribution in [3.8, 4) is 0 Å². The van der Waals surface area contributed by atoms with Crippen LogP contribution in [0.25, 0.3) is 0 Å². The Morgan fingerprint density at radius 1 is 1.35 bits per heavy atom. The summed E-state index contributed by atoms with van der Waals surface area (Å²) >= 11 is 0. The van der Waals surface area contributed by atoms with Crippen molar-refractivity contribution < 1.29 is 4.74 Å². The first-order valence-corrected chi connectivity index (χ1v) is 7.84. The van der Waals surface area contributed by atoms with Crippen LogP contribution < -0.4 is 10.9 Å². The summed E-state index contributed by atoms with van der Waals surface area (Å²) in [4.78, 5) is 14.3. The summed E-state index contributed by atoms with van der Waals surface area (Å²) in [5.41, 5.74) is 2.39. The second kappa shape index (κ2) is 8.22. The number of rotatable bonds is 8. The maximum atomic E-state index is 11.3. The average Bonchev–Trinajstić information content (AvgIpc) is 2.46. The Balaban J connectivity index is 1.73. The van der Waals surface area contributed by atoms with Crippen molar-refractivity contribution in [1.82, 2.24) is 10.3 Å². The lowest BCUT2D eigenvalue weighted by molar-refractivity contribution is 0.128. The minimum atomic E-state index is 0.00808. The number of hydrogen-bond donors (Lipinski definition) is 2. The van der Waals surface area contributed by atoms with Gasteiger partial charge in [0.15, 0.2) is 0 Å². The van der Waals surface area contributed by atoms with Gasteiger partial charge >= 0.3 is 0 Å². The van der Waals surface area contributed by atoms with E-state index < -0.39 is 0 Å². The summed E-state index contributed by atoms with van der Waals surface area (Å²) in [6, 6.07) is 3.99. The second-order valence-corrected chi connectivity index (χ2v) is 5.47. The SMILES string of the molecule is CCCCOCCCNC1CCCc2[nH]c(=O)ccc21. The molecule has 2 rings (SSSR count). The minimum absolute atomic E-state index is 0.00808. The van der Waals surface area contributed by atoms with E-state index in [9.17, 15) is 4.79 Å². The highest BCUT2D eigenvalue weighted by atomic mass is 16.5. The Labute approximate surface area is 120 Å². The van der Waals surface area contributed by atoms with Gasteiger partial charge in [0.2, 0.25) is 5.56 Å². The first-order valence-electron chi connectivity index (χ1n) is 7.84. The van der Waals surface area contributed by atoms with Crippen LogP contribution in [-0.4, -0.2) is 24.7 Å². The number of fused-ring (bicyclic) bond motifs is 1. The Kier molecular flexibility index (Phi) is 6.27. The van der Waals surface area contributed by atoms with E-state index in [0.717, 1.165) is 57.6 Å². The Hall–Kier alpha value is -1.13. The van der Waals surface area contributed by atoms with Crippen molar-refractivity contribution in [2.45, 2.75) is 51.5 Å². The molecule has 0 spiro atoms. The number of hydrogen-bond acceptors (Lipinski definition) is 3. The maximum Gasteiger partial charge on any atom is 0.248 e. The molecular weight excluding hydrogens is 252 g/mol. The van der Waals surface area contributed by atoms with Crippen LogP contribution in [0.5, 0.6) is 0 Å². The molecule has 0 aliphatic heterocycles. The monoisotopic (exact) mass is 278 g/mol. The van der Waals surface area contributed by atoms with E-state index in [-0.39, 0.29) is 5.56 Å². The van der Waals surface area contributed by atoms with Gasteiger partial charge in [-0.1, -0.05) is 19.4 Å². The van der Waals surface area contributed by atoms with Crippen molar-refractivity contribution in [3.05, 3.63) is 33.7 Å². The number of aryl methyl sites for hydroxylation is 1. The van der Waals surface area contributed by atoms with E-state index in [4.69, 9.17) is 4.74 Å². The fraction of sp³-hybridized carbons (Fsp3) is 0.688. The minimum Gasteiger partial charge on any atom is -0.381 e. The summed E-state index contributed by atoms with van der Waals surface area (Å²) in [6.07, 6.45) is 6.65. The van der Waals surface area contributed by atoms with E-state index in [2.05, 4.69) is 17.2 Å². The van der Waals surface area contributed by atoms with Gasteiger partial charge in [0.25, 0.3) is 0 Å². The molecule has 0 aromatic carbocycles. The lowest BCUT2D eigenvalue weighted by atomic mass is 9.91. The van der Waals surface area contributed by atoms with Crippen LogP contribution in [0.1, 0.15) is 56.3 Å². The van der Waals surface area contributed by atoms with Gasteiger partial charge in [-0.15, -0.1) is 0 Å². The Bertz CT molecular complexity index is 456. The summed E-state index contributed by atoms with van der Waals surface area (Å²) < 4.78 is 5.56. The van der Waals surface area contributed by atoms with Crippen LogP contribution in [0.4, 0.5) is 0 Å². The summed E-state index contributed by atoms with van der Waals surface area (Å²) in [5, 5.41) is 3.59. The van der Waals surface area contributed by atoms with Crippen LogP contribution in [-0.2, 0) is 11.2 Å². The van der Waals surface area contributed by atoms with Crippen LogP contribution in [0, 0.1) is 0 Å². The maximum absolute atomic E-state index is 11.3. The third-order valence-corrected chi connectivity index (χ3v) is 3.83. The van der Waals surface area contributed by atoms with E-state index in [1.54, 1.807) is 6.07 Å². The van der Waals surface area contributed by atoms with Crippen LogP contribution >= 0.6 is 0 Å². The van der Waals surface area contributed by atoms with Crippen LogP contribution in [0.2, 0.25) is 0 Å². The zero-order valence-electron chi connectivity index (χ0n) is 12.4. The third kappa shape index (κ3) is 4.46. The largest absolute Gasteiger partial charge is 0.381 e. The Morgan fingerprint density at radius 3 is 3.05 bits per heavy atom. The molecule has 1 aromatic rings. The normalized spacial score (nSPS) is 17.9. The molecule has 4 heteroatoms. The molecular formula is C16H26N2O2. The molecule has 0 saturated carbocycles. The van der Waals surface area contributed by atoms with Gasteiger partial charge in [0.1, 0.15) is 0 Å².